The number of nitrogens with zero attached hydrogens (tertiary/aromatic N) is 6. The van der Waals surface area contributed by atoms with Crippen LogP contribution < -0.4 is 19.7 Å². The molecule has 9 rings (SSSR count). The zero-order valence-corrected chi connectivity index (χ0v) is 37.8. The summed E-state index contributed by atoms with van der Waals surface area (Å²) in [5.41, 5.74) is 5.06. The molecule has 0 bridgehead atoms. The maximum Gasteiger partial charge on any atom is 0.265 e. The van der Waals surface area contributed by atoms with E-state index in [0.29, 0.717) is 63.7 Å². The average Bonchev–Trinajstić information content (AvgIpc) is 3.75. The molecule has 0 radical (unpaired) electrons. The Bertz CT molecular complexity index is 2410. The maximum atomic E-state index is 13.9. The van der Waals surface area contributed by atoms with Crippen LogP contribution in [0.1, 0.15) is 106 Å². The second kappa shape index (κ2) is 18.2. The molecule has 14 heteroatoms. The number of nitrogens with one attached hydrogen (secondary N) is 3. The van der Waals surface area contributed by atoms with Crippen LogP contribution in [0.15, 0.2) is 89.3 Å². The predicted molar refractivity (Wildman–Crippen MR) is 251 cm³/mol. The van der Waals surface area contributed by atoms with Gasteiger partial charge in [0.2, 0.25) is 0 Å². The van der Waals surface area contributed by atoms with Crippen LogP contribution in [-0.4, -0.2) is 93.7 Å². The number of amides is 1. The highest BCUT2D eigenvalue weighted by Gasteiger charge is 2.50. The maximum absolute atomic E-state index is 13.9. The van der Waals surface area contributed by atoms with Gasteiger partial charge in [-0.3, -0.25) is 14.4 Å². The quantitative estimate of drug-likeness (QED) is 0.0661. The van der Waals surface area contributed by atoms with Crippen molar-refractivity contribution in [3.63, 3.8) is 0 Å². The molecule has 1 spiro atoms. The summed E-state index contributed by atoms with van der Waals surface area (Å²) in [5, 5.41) is 17.7. The van der Waals surface area contributed by atoms with Gasteiger partial charge in [-0.2, -0.15) is 0 Å². The van der Waals surface area contributed by atoms with Gasteiger partial charge < -0.3 is 29.9 Å². The van der Waals surface area contributed by atoms with Gasteiger partial charge in [0.05, 0.1) is 17.4 Å². The number of likely N-dealkylation sites (N-methyl/N-ethyl adjacent to an activating group) is 1. The number of hydrogen-bond acceptors (Lipinski definition) is 12. The van der Waals surface area contributed by atoms with Crippen LogP contribution in [0.25, 0.3) is 11.0 Å². The van der Waals surface area contributed by atoms with Crippen LogP contribution in [0, 0.1) is 16.2 Å². The van der Waals surface area contributed by atoms with Gasteiger partial charge in [-0.05, 0) is 141 Å². The third kappa shape index (κ3) is 9.60. The number of rotatable bonds is 13. The number of hydrogen-bond donors (Lipinski definition) is 4. The van der Waals surface area contributed by atoms with Gasteiger partial charge in [0.15, 0.2) is 11.5 Å². The third-order valence-electron chi connectivity index (χ3n) is 14.4. The standard InChI is InChI=1S/C49H61N9O4S/c1-32(2)39-7-5-6-8-40(39)43-31-56(4)21-22-58(43)36-26-49(27-36)16-19-57(20-17-49)35-9-10-41(44(24-35)62-37-23-34-13-18-50-45(34)52-29-37)47(59)55-63-38-25-42(54-61)46(53-30-38)51-28-33-11-14-48(3,60)15-12-33/h5-10,13,18,23-25,29-30,32-33,36,43,60H,11-12,14-17,19-22,26-28,31H2,1-4H3,(H,50,52)(H,51,53)(H,55,59)/t33?,43-,48?/m0/s1. The van der Waals surface area contributed by atoms with Gasteiger partial charge in [-0.25, -0.2) is 9.97 Å². The van der Waals surface area contributed by atoms with Crippen molar-refractivity contribution in [3.05, 3.63) is 101 Å². The lowest BCUT2D eigenvalue weighted by Crippen LogP contribution is -2.59. The molecule has 5 aromatic rings. The van der Waals surface area contributed by atoms with Crippen LogP contribution in [0.2, 0.25) is 0 Å². The number of fused-ring (bicyclic) bond motifs is 1. The summed E-state index contributed by atoms with van der Waals surface area (Å²) in [6.07, 6.45) is 13.2. The molecule has 13 nitrogen and oxygen atoms in total. The van der Waals surface area contributed by atoms with E-state index in [4.69, 9.17) is 4.74 Å². The SMILES string of the molecule is CC(C)c1ccccc1[C@@H]1CN(C)CCN1C1CC2(CCN(c3ccc(C(=O)NSc4cnc(NCC5CCC(C)(O)CC5)c(N=O)c4)c(Oc4cnc5[nH]ccc5c4)c3)CC2)C1. The highest BCUT2D eigenvalue weighted by atomic mass is 32.2. The van der Waals surface area contributed by atoms with E-state index in [1.54, 1.807) is 18.5 Å². The molecular weight excluding hydrogens is 811 g/mol. The van der Waals surface area contributed by atoms with Gasteiger partial charge in [0, 0.05) is 85.8 Å². The number of nitroso groups, excluding NO2 is 1. The van der Waals surface area contributed by atoms with Crippen molar-refractivity contribution in [1.82, 2.24) is 29.5 Å². The summed E-state index contributed by atoms with van der Waals surface area (Å²) in [6.45, 7) is 12.3. The second-order valence-electron chi connectivity index (χ2n) is 19.2. The molecule has 332 valence electrons. The fourth-order valence-corrected chi connectivity index (χ4v) is 11.1. The Morgan fingerprint density at radius 1 is 1.00 bits per heavy atom. The molecule has 2 aromatic carbocycles. The van der Waals surface area contributed by atoms with E-state index in [1.165, 1.54) is 24.0 Å². The Kier molecular flexibility index (Phi) is 12.5. The van der Waals surface area contributed by atoms with Crippen LogP contribution in [0.5, 0.6) is 11.5 Å². The number of ether oxygens (including phenoxy) is 1. The summed E-state index contributed by atoms with van der Waals surface area (Å²) < 4.78 is 9.43. The molecule has 2 saturated heterocycles. The molecule has 4 N–H and O–H groups in total. The first-order valence-electron chi connectivity index (χ1n) is 22.7. The van der Waals surface area contributed by atoms with Gasteiger partial charge in [-0.1, -0.05) is 38.1 Å². The molecule has 4 fully saturated rings. The van der Waals surface area contributed by atoms with E-state index < -0.39 is 5.60 Å². The summed E-state index contributed by atoms with van der Waals surface area (Å²) in [5.74, 6) is 1.91. The van der Waals surface area contributed by atoms with Crippen molar-refractivity contribution < 1.29 is 14.6 Å². The minimum atomic E-state index is -0.605. The molecule has 4 aliphatic rings. The Hall–Kier alpha value is -5.02. The number of anilines is 2. The molecule has 2 aliphatic carbocycles. The topological polar surface area (TPSA) is 151 Å². The number of piperidine rings is 1. The number of piperazine rings is 1. The Morgan fingerprint density at radius 2 is 1.79 bits per heavy atom. The van der Waals surface area contributed by atoms with Crippen molar-refractivity contribution in [2.24, 2.45) is 16.5 Å². The zero-order valence-electron chi connectivity index (χ0n) is 37.0. The average molecular weight is 872 g/mol. The third-order valence-corrected chi connectivity index (χ3v) is 15.1. The number of benzene rings is 2. The van der Waals surface area contributed by atoms with Crippen molar-refractivity contribution in [1.29, 1.82) is 0 Å². The fraction of sp³-hybridized carbons (Fsp3) is 0.490. The Morgan fingerprint density at radius 3 is 2.57 bits per heavy atom. The first-order valence-corrected chi connectivity index (χ1v) is 23.6. The number of carbonyl (C=O) groups is 1. The Balaban J connectivity index is 0.861. The van der Waals surface area contributed by atoms with Crippen LogP contribution in [0.4, 0.5) is 17.2 Å². The molecule has 0 unspecified atom stereocenters. The predicted octanol–water partition coefficient (Wildman–Crippen LogP) is 9.80. The van der Waals surface area contributed by atoms with E-state index in [0.717, 1.165) is 99.9 Å². The first-order chi connectivity index (χ1) is 30.4. The minimum Gasteiger partial charge on any atom is -0.455 e. The van der Waals surface area contributed by atoms with Gasteiger partial charge >= 0.3 is 0 Å². The lowest BCUT2D eigenvalue weighted by molar-refractivity contribution is -0.0584. The highest BCUT2D eigenvalue weighted by molar-refractivity contribution is 7.98. The molecule has 3 aromatic heterocycles. The number of aromatic nitrogens is 3. The number of H-pyrrole nitrogens is 1. The Labute approximate surface area is 374 Å². The van der Waals surface area contributed by atoms with Gasteiger partial charge in [0.1, 0.15) is 17.1 Å². The molecule has 1 atom stereocenters. The van der Waals surface area contributed by atoms with Crippen molar-refractivity contribution in [3.8, 4) is 11.5 Å². The van der Waals surface area contributed by atoms with Crippen LogP contribution >= 0.6 is 11.9 Å². The number of pyridine rings is 2. The minimum absolute atomic E-state index is 0.176. The normalized spacial score (nSPS) is 23.2. The summed E-state index contributed by atoms with van der Waals surface area (Å²) in [7, 11) is 2.26. The molecule has 63 heavy (non-hydrogen) atoms. The van der Waals surface area contributed by atoms with Gasteiger partial charge in [-0.15, -0.1) is 4.91 Å². The number of aliphatic hydroxyl groups is 1. The van der Waals surface area contributed by atoms with Crippen molar-refractivity contribution in [2.45, 2.75) is 101 Å². The fourth-order valence-electron chi connectivity index (χ4n) is 10.5. The van der Waals surface area contributed by atoms with E-state index in [-0.39, 0.29) is 11.6 Å². The summed E-state index contributed by atoms with van der Waals surface area (Å²) in [6, 6.07) is 21.4. The summed E-state index contributed by atoms with van der Waals surface area (Å²) >= 11 is 1.07. The van der Waals surface area contributed by atoms with Crippen molar-refractivity contribution in [2.75, 3.05) is 56.5 Å². The highest BCUT2D eigenvalue weighted by Crippen LogP contribution is 2.53. The number of carbonyl (C=O) groups excluding carboxylic acids is 1. The van der Waals surface area contributed by atoms with Crippen LogP contribution in [0.3, 0.4) is 0 Å². The van der Waals surface area contributed by atoms with Crippen LogP contribution in [-0.2, 0) is 0 Å². The monoisotopic (exact) mass is 871 g/mol. The molecule has 2 aliphatic heterocycles. The van der Waals surface area contributed by atoms with E-state index in [9.17, 15) is 14.8 Å². The largest absolute Gasteiger partial charge is 0.455 e. The molecule has 1 amide bonds. The first kappa shape index (κ1) is 43.2. The van der Waals surface area contributed by atoms with Crippen molar-refractivity contribution >= 4 is 46.1 Å². The lowest BCUT2D eigenvalue weighted by atomic mass is 9.59. The number of aromatic amines is 1. The smallest absolute Gasteiger partial charge is 0.265 e. The molecule has 2 saturated carbocycles. The van der Waals surface area contributed by atoms with Gasteiger partial charge in [0.25, 0.3) is 5.91 Å². The second-order valence-corrected chi connectivity index (χ2v) is 20.1. The zero-order chi connectivity index (χ0) is 43.7. The molecular formula is C49H61N9O4S. The lowest BCUT2D eigenvalue weighted by Gasteiger charge is -2.58. The molecule has 5 heterocycles. The van der Waals surface area contributed by atoms with E-state index in [2.05, 4.69) is 90.0 Å². The van der Waals surface area contributed by atoms with E-state index in [1.807, 2.05) is 43.5 Å². The van der Waals surface area contributed by atoms with E-state index >= 15 is 0 Å². The summed E-state index contributed by atoms with van der Waals surface area (Å²) in [4.78, 5) is 46.2.